The predicted molar refractivity (Wildman–Crippen MR) is 87.2 cm³/mol. The zero-order valence-electron chi connectivity index (χ0n) is 11.7. The third-order valence-electron chi connectivity index (χ3n) is 3.98. The largest absolute Gasteiger partial charge is 0.200 e. The van der Waals surface area contributed by atoms with Crippen molar-refractivity contribution in [3.8, 4) is 0 Å². The Morgan fingerprint density at radius 2 is 1.33 bits per heavy atom. The summed E-state index contributed by atoms with van der Waals surface area (Å²) in [6, 6.07) is 25.8. The number of hydrogen-bond donors (Lipinski definition) is 0. The van der Waals surface area contributed by atoms with Gasteiger partial charge in [0, 0.05) is 17.0 Å². The lowest BCUT2D eigenvalue weighted by atomic mass is 10.0. The highest BCUT2D eigenvalue weighted by Crippen LogP contribution is 2.18. The van der Waals surface area contributed by atoms with Gasteiger partial charge in [0.1, 0.15) is 0 Å². The Labute approximate surface area is 124 Å². The Kier molecular flexibility index (Phi) is 2.89. The van der Waals surface area contributed by atoms with E-state index in [1.54, 1.807) is 0 Å². The highest BCUT2D eigenvalue weighted by Gasteiger charge is 2.07. The van der Waals surface area contributed by atoms with Gasteiger partial charge in [-0.05, 0) is 22.2 Å². The number of nitrogens with zero attached hydrogens (tertiary/aromatic N) is 1. The molecule has 21 heavy (non-hydrogen) atoms. The molecule has 1 heterocycles. The zero-order chi connectivity index (χ0) is 14.1. The first-order valence-electron chi connectivity index (χ1n) is 7.25. The molecule has 4 aromatic rings. The molecule has 0 aliphatic heterocycles. The fraction of sp³-hybridized carbons (Fsp3) is 0.0500. The minimum absolute atomic E-state index is 0.895. The lowest BCUT2D eigenvalue weighted by Gasteiger charge is -2.04. The highest BCUT2D eigenvalue weighted by molar-refractivity contribution is 5.85. The molecule has 0 N–H and O–H groups in total. The van der Waals surface area contributed by atoms with Gasteiger partial charge in [0.15, 0.2) is 18.9 Å². The van der Waals surface area contributed by atoms with Gasteiger partial charge in [-0.25, -0.2) is 4.57 Å². The van der Waals surface area contributed by atoms with E-state index in [0.29, 0.717) is 0 Å². The second-order valence-corrected chi connectivity index (χ2v) is 5.38. The van der Waals surface area contributed by atoms with E-state index in [9.17, 15) is 0 Å². The topological polar surface area (TPSA) is 3.88 Å². The number of pyridine rings is 1. The molecular weight excluding hydrogens is 254 g/mol. The van der Waals surface area contributed by atoms with Crippen LogP contribution in [0.1, 0.15) is 5.56 Å². The quantitative estimate of drug-likeness (QED) is 0.477. The van der Waals surface area contributed by atoms with Crippen molar-refractivity contribution in [1.82, 2.24) is 0 Å². The van der Waals surface area contributed by atoms with Crippen LogP contribution in [0.5, 0.6) is 0 Å². The smallest absolute Gasteiger partial charge is 0.176 e. The van der Waals surface area contributed by atoms with Crippen LogP contribution in [0, 0.1) is 0 Å². The maximum Gasteiger partial charge on any atom is 0.176 e. The van der Waals surface area contributed by atoms with E-state index in [1.165, 1.54) is 27.1 Å². The SMILES string of the molecule is c1ccc2c[n+](Cc3cccc4ccccc34)ccc2c1. The maximum atomic E-state index is 2.25. The second kappa shape index (κ2) is 5.02. The van der Waals surface area contributed by atoms with Crippen molar-refractivity contribution in [3.05, 3.63) is 90.8 Å². The third-order valence-corrected chi connectivity index (χ3v) is 3.98. The fourth-order valence-corrected chi connectivity index (χ4v) is 2.90. The molecule has 0 fully saturated rings. The molecule has 1 aromatic heterocycles. The first-order chi connectivity index (χ1) is 10.4. The Hall–Kier alpha value is -2.67. The van der Waals surface area contributed by atoms with Crippen LogP contribution in [0.2, 0.25) is 0 Å². The van der Waals surface area contributed by atoms with E-state index in [4.69, 9.17) is 0 Å². The van der Waals surface area contributed by atoms with Gasteiger partial charge in [0.05, 0.1) is 0 Å². The summed E-state index contributed by atoms with van der Waals surface area (Å²) in [6.45, 7) is 0.895. The Balaban J connectivity index is 1.79. The van der Waals surface area contributed by atoms with Gasteiger partial charge in [-0.3, -0.25) is 0 Å². The zero-order valence-corrected chi connectivity index (χ0v) is 11.7. The Bertz CT molecular complexity index is 919. The summed E-state index contributed by atoms with van der Waals surface area (Å²) >= 11 is 0. The lowest BCUT2D eigenvalue weighted by molar-refractivity contribution is -0.686. The standard InChI is InChI=1S/C20H16N/c1-2-8-18-14-21(13-12-16(18)6-1)15-19-10-5-9-17-7-3-4-11-20(17)19/h1-14H,15H2/q+1. The molecule has 100 valence electrons. The van der Waals surface area contributed by atoms with Crippen molar-refractivity contribution in [2.75, 3.05) is 0 Å². The molecule has 0 saturated carbocycles. The molecule has 1 nitrogen and oxygen atoms in total. The number of hydrogen-bond acceptors (Lipinski definition) is 0. The van der Waals surface area contributed by atoms with Gasteiger partial charge in [-0.1, -0.05) is 60.7 Å². The Morgan fingerprint density at radius 3 is 2.24 bits per heavy atom. The van der Waals surface area contributed by atoms with Gasteiger partial charge >= 0.3 is 0 Å². The summed E-state index contributed by atoms with van der Waals surface area (Å²) in [5.74, 6) is 0. The molecule has 1 heteroatoms. The number of fused-ring (bicyclic) bond motifs is 2. The van der Waals surface area contributed by atoms with Crippen molar-refractivity contribution in [2.24, 2.45) is 0 Å². The van der Waals surface area contributed by atoms with E-state index in [-0.39, 0.29) is 0 Å². The fourth-order valence-electron chi connectivity index (χ4n) is 2.90. The molecule has 0 amide bonds. The minimum atomic E-state index is 0.895. The molecule has 0 aliphatic carbocycles. The van der Waals surface area contributed by atoms with Crippen LogP contribution in [0.4, 0.5) is 0 Å². The summed E-state index contributed by atoms with van der Waals surface area (Å²) in [4.78, 5) is 0. The molecule has 0 radical (unpaired) electrons. The number of aromatic nitrogens is 1. The van der Waals surface area contributed by atoms with Crippen LogP contribution < -0.4 is 4.57 Å². The summed E-state index contributed by atoms with van der Waals surface area (Å²) < 4.78 is 2.25. The maximum absolute atomic E-state index is 2.25. The van der Waals surface area contributed by atoms with Crippen molar-refractivity contribution in [1.29, 1.82) is 0 Å². The highest BCUT2D eigenvalue weighted by atomic mass is 14.9. The van der Waals surface area contributed by atoms with Crippen molar-refractivity contribution < 1.29 is 4.57 Å². The van der Waals surface area contributed by atoms with E-state index < -0.39 is 0 Å². The van der Waals surface area contributed by atoms with E-state index in [1.807, 2.05) is 0 Å². The van der Waals surface area contributed by atoms with E-state index in [0.717, 1.165) is 6.54 Å². The van der Waals surface area contributed by atoms with E-state index >= 15 is 0 Å². The monoisotopic (exact) mass is 270 g/mol. The van der Waals surface area contributed by atoms with Crippen LogP contribution in [-0.4, -0.2) is 0 Å². The predicted octanol–water partition coefficient (Wildman–Crippen LogP) is 4.33. The third kappa shape index (κ3) is 2.27. The van der Waals surface area contributed by atoms with Gasteiger partial charge < -0.3 is 0 Å². The van der Waals surface area contributed by atoms with Crippen LogP contribution in [0.25, 0.3) is 21.5 Å². The normalized spacial score (nSPS) is 11.0. The van der Waals surface area contributed by atoms with Crippen LogP contribution in [0.15, 0.2) is 85.2 Å². The first-order valence-corrected chi connectivity index (χ1v) is 7.25. The first kappa shape index (κ1) is 12.1. The van der Waals surface area contributed by atoms with Gasteiger partial charge in [-0.2, -0.15) is 0 Å². The van der Waals surface area contributed by atoms with Gasteiger partial charge in [-0.15, -0.1) is 0 Å². The molecular formula is C20H16N+. The van der Waals surface area contributed by atoms with E-state index in [2.05, 4.69) is 89.8 Å². The molecule has 0 unspecified atom stereocenters. The summed E-state index contributed by atoms with van der Waals surface area (Å²) in [7, 11) is 0. The van der Waals surface area contributed by atoms with Gasteiger partial charge in [0.2, 0.25) is 0 Å². The molecule has 4 rings (SSSR count). The van der Waals surface area contributed by atoms with Gasteiger partial charge in [0.25, 0.3) is 0 Å². The lowest BCUT2D eigenvalue weighted by Crippen LogP contribution is -2.33. The molecule has 0 spiro atoms. The molecule has 3 aromatic carbocycles. The van der Waals surface area contributed by atoms with Crippen LogP contribution >= 0.6 is 0 Å². The molecule has 0 atom stereocenters. The van der Waals surface area contributed by atoms with Crippen LogP contribution in [-0.2, 0) is 6.54 Å². The Morgan fingerprint density at radius 1 is 0.619 bits per heavy atom. The second-order valence-electron chi connectivity index (χ2n) is 5.38. The summed E-state index contributed by atoms with van der Waals surface area (Å²) in [5.41, 5.74) is 1.35. The average molecular weight is 270 g/mol. The summed E-state index contributed by atoms with van der Waals surface area (Å²) in [6.07, 6.45) is 4.38. The average Bonchev–Trinajstić information content (AvgIpc) is 2.55. The molecule has 0 aliphatic rings. The molecule has 0 bridgehead atoms. The number of rotatable bonds is 2. The van der Waals surface area contributed by atoms with Crippen molar-refractivity contribution >= 4 is 21.5 Å². The molecule has 0 saturated heterocycles. The van der Waals surface area contributed by atoms with Crippen LogP contribution in [0.3, 0.4) is 0 Å². The van der Waals surface area contributed by atoms with Crippen molar-refractivity contribution in [2.45, 2.75) is 6.54 Å². The van der Waals surface area contributed by atoms with Crippen molar-refractivity contribution in [3.63, 3.8) is 0 Å². The number of benzene rings is 3. The summed E-state index contributed by atoms with van der Waals surface area (Å²) in [5, 5.41) is 5.20. The minimum Gasteiger partial charge on any atom is -0.200 e.